The molecule has 2 heteroatoms. The molecule has 1 rings (SSSR count). The van der Waals surface area contributed by atoms with E-state index in [2.05, 4.69) is 13.5 Å². The lowest BCUT2D eigenvalue weighted by atomic mass is 10.1. The zero-order valence-corrected chi connectivity index (χ0v) is 5.84. The molecule has 9 heavy (non-hydrogen) atoms. The minimum absolute atomic E-state index is 0.616. The average Bonchev–Trinajstić information content (AvgIpc) is 1.86. The maximum absolute atomic E-state index is 5.25. The summed E-state index contributed by atoms with van der Waals surface area (Å²) in [6.45, 7) is 7.45. The number of rotatable bonds is 3. The van der Waals surface area contributed by atoms with E-state index in [1.165, 1.54) is 6.42 Å². The van der Waals surface area contributed by atoms with Crippen LogP contribution < -0.4 is 0 Å². The van der Waals surface area contributed by atoms with Crippen LogP contribution in [0.3, 0.4) is 0 Å². The van der Waals surface area contributed by atoms with Gasteiger partial charge in [0.1, 0.15) is 0 Å². The lowest BCUT2D eigenvalue weighted by Gasteiger charge is -2.36. The van der Waals surface area contributed by atoms with Gasteiger partial charge in [-0.05, 0) is 13.3 Å². The largest absolute Gasteiger partial charge is 0.295 e. The molecule has 0 bridgehead atoms. The van der Waals surface area contributed by atoms with Crippen molar-refractivity contribution in [2.75, 3.05) is 13.2 Å². The zero-order chi connectivity index (χ0) is 6.69. The first-order valence-corrected chi connectivity index (χ1v) is 3.35. The van der Waals surface area contributed by atoms with E-state index in [-0.39, 0.29) is 0 Å². The van der Waals surface area contributed by atoms with Crippen molar-refractivity contribution in [3.63, 3.8) is 0 Å². The quantitative estimate of drug-likeness (QED) is 0.528. The summed E-state index contributed by atoms with van der Waals surface area (Å²) >= 11 is 0. The Balaban J connectivity index is 2.06. The Morgan fingerprint density at radius 1 is 1.89 bits per heavy atom. The van der Waals surface area contributed by atoms with Crippen molar-refractivity contribution >= 4 is 0 Å². The highest BCUT2D eigenvalue weighted by Crippen LogP contribution is 2.15. The summed E-state index contributed by atoms with van der Waals surface area (Å²) < 4.78 is 0. The molecule has 1 aliphatic rings. The van der Waals surface area contributed by atoms with Crippen LogP contribution >= 0.6 is 0 Å². The minimum Gasteiger partial charge on any atom is -0.295 e. The highest BCUT2D eigenvalue weighted by molar-refractivity contribution is 4.72. The highest BCUT2D eigenvalue weighted by Gasteiger charge is 2.23. The number of nitrogens with zero attached hydrogens (tertiary/aromatic N) is 1. The van der Waals surface area contributed by atoms with Crippen LogP contribution in [0.15, 0.2) is 12.7 Å². The van der Waals surface area contributed by atoms with E-state index < -0.39 is 0 Å². The first-order chi connectivity index (χ1) is 4.34. The molecule has 1 heterocycles. The Morgan fingerprint density at radius 3 is 3.00 bits per heavy atom. The van der Waals surface area contributed by atoms with E-state index in [0.29, 0.717) is 12.6 Å². The standard InChI is InChI=1S/C7H13NO/c1-3-6-9-8-5-4-7(8)2/h3,7H,1,4-6H2,2H3. The molecule has 1 saturated heterocycles. The molecule has 1 fully saturated rings. The van der Waals surface area contributed by atoms with Crippen LogP contribution in [0.25, 0.3) is 0 Å². The molecule has 0 aromatic heterocycles. The summed E-state index contributed by atoms with van der Waals surface area (Å²) in [5, 5.41) is 1.99. The monoisotopic (exact) mass is 127 g/mol. The van der Waals surface area contributed by atoms with Crippen molar-refractivity contribution < 1.29 is 4.84 Å². The molecule has 0 N–H and O–H groups in total. The Labute approximate surface area is 56.1 Å². The summed E-state index contributed by atoms with van der Waals surface area (Å²) in [6, 6.07) is 0.616. The van der Waals surface area contributed by atoms with Crippen LogP contribution in [0.4, 0.5) is 0 Å². The van der Waals surface area contributed by atoms with Crippen LogP contribution in [0, 0.1) is 0 Å². The Hall–Kier alpha value is -0.340. The van der Waals surface area contributed by atoms with Crippen LogP contribution in [0.1, 0.15) is 13.3 Å². The number of hydrogen-bond acceptors (Lipinski definition) is 2. The van der Waals surface area contributed by atoms with Crippen molar-refractivity contribution in [1.82, 2.24) is 5.06 Å². The predicted molar refractivity (Wildman–Crippen MR) is 36.9 cm³/mol. The van der Waals surface area contributed by atoms with Gasteiger partial charge in [0.15, 0.2) is 0 Å². The van der Waals surface area contributed by atoms with E-state index in [0.717, 1.165) is 6.54 Å². The molecule has 0 spiro atoms. The Kier molecular flexibility index (Phi) is 2.25. The zero-order valence-electron chi connectivity index (χ0n) is 5.84. The van der Waals surface area contributed by atoms with Crippen LogP contribution in [0.5, 0.6) is 0 Å². The SMILES string of the molecule is C=CCON1CCC1C. The van der Waals surface area contributed by atoms with Crippen LogP contribution in [-0.4, -0.2) is 24.3 Å². The van der Waals surface area contributed by atoms with Crippen molar-refractivity contribution in [3.8, 4) is 0 Å². The van der Waals surface area contributed by atoms with Gasteiger partial charge in [0.2, 0.25) is 0 Å². The third kappa shape index (κ3) is 1.53. The summed E-state index contributed by atoms with van der Waals surface area (Å²) in [7, 11) is 0. The van der Waals surface area contributed by atoms with Crippen molar-refractivity contribution in [3.05, 3.63) is 12.7 Å². The topological polar surface area (TPSA) is 12.5 Å². The van der Waals surface area contributed by atoms with E-state index in [1.807, 2.05) is 5.06 Å². The predicted octanol–water partition coefficient (Wildman–Crippen LogP) is 1.20. The van der Waals surface area contributed by atoms with E-state index in [9.17, 15) is 0 Å². The molecule has 2 nitrogen and oxygen atoms in total. The van der Waals surface area contributed by atoms with Gasteiger partial charge < -0.3 is 0 Å². The van der Waals surface area contributed by atoms with Gasteiger partial charge in [-0.3, -0.25) is 4.84 Å². The Morgan fingerprint density at radius 2 is 2.67 bits per heavy atom. The highest BCUT2D eigenvalue weighted by atomic mass is 16.7. The first kappa shape index (κ1) is 6.78. The normalized spacial score (nSPS) is 27.4. The van der Waals surface area contributed by atoms with Crippen molar-refractivity contribution in [2.24, 2.45) is 0 Å². The second-order valence-corrected chi connectivity index (χ2v) is 2.36. The molecular formula is C7H13NO. The third-order valence-electron chi connectivity index (χ3n) is 1.62. The van der Waals surface area contributed by atoms with E-state index in [4.69, 9.17) is 4.84 Å². The molecule has 1 atom stereocenters. The van der Waals surface area contributed by atoms with Gasteiger partial charge in [0, 0.05) is 12.6 Å². The van der Waals surface area contributed by atoms with Gasteiger partial charge in [-0.25, -0.2) is 0 Å². The summed E-state index contributed by atoms with van der Waals surface area (Å²) in [5.74, 6) is 0. The molecule has 1 aliphatic heterocycles. The summed E-state index contributed by atoms with van der Waals surface area (Å²) in [5.41, 5.74) is 0. The van der Waals surface area contributed by atoms with Crippen LogP contribution in [0.2, 0.25) is 0 Å². The van der Waals surface area contributed by atoms with Gasteiger partial charge in [-0.1, -0.05) is 6.08 Å². The number of hydrogen-bond donors (Lipinski definition) is 0. The fourth-order valence-electron chi connectivity index (χ4n) is 0.833. The lowest BCUT2D eigenvalue weighted by Crippen LogP contribution is -2.45. The second-order valence-electron chi connectivity index (χ2n) is 2.36. The molecule has 0 saturated carbocycles. The summed E-state index contributed by atoms with van der Waals surface area (Å²) in [4.78, 5) is 5.25. The van der Waals surface area contributed by atoms with Crippen LogP contribution in [-0.2, 0) is 4.84 Å². The van der Waals surface area contributed by atoms with E-state index >= 15 is 0 Å². The van der Waals surface area contributed by atoms with Gasteiger partial charge in [0.25, 0.3) is 0 Å². The van der Waals surface area contributed by atoms with E-state index in [1.54, 1.807) is 6.08 Å². The fourth-order valence-corrected chi connectivity index (χ4v) is 0.833. The van der Waals surface area contributed by atoms with Gasteiger partial charge in [-0.15, -0.1) is 6.58 Å². The molecule has 1 unspecified atom stereocenters. The summed E-state index contributed by atoms with van der Waals surface area (Å²) in [6.07, 6.45) is 3.03. The first-order valence-electron chi connectivity index (χ1n) is 3.35. The molecule has 0 radical (unpaired) electrons. The van der Waals surface area contributed by atoms with Gasteiger partial charge >= 0.3 is 0 Å². The smallest absolute Gasteiger partial charge is 0.0864 e. The van der Waals surface area contributed by atoms with Gasteiger partial charge in [0.05, 0.1) is 6.61 Å². The maximum Gasteiger partial charge on any atom is 0.0864 e. The van der Waals surface area contributed by atoms with Crippen molar-refractivity contribution in [1.29, 1.82) is 0 Å². The molecule has 0 aliphatic carbocycles. The molecule has 0 aromatic rings. The van der Waals surface area contributed by atoms with Gasteiger partial charge in [-0.2, -0.15) is 5.06 Å². The molecular weight excluding hydrogens is 114 g/mol. The molecule has 0 amide bonds. The lowest BCUT2D eigenvalue weighted by molar-refractivity contribution is -0.218. The maximum atomic E-state index is 5.25. The number of hydroxylamine groups is 2. The second kappa shape index (κ2) is 2.99. The molecule has 52 valence electrons. The average molecular weight is 127 g/mol. The van der Waals surface area contributed by atoms with Crippen molar-refractivity contribution in [2.45, 2.75) is 19.4 Å². The fraction of sp³-hybridized carbons (Fsp3) is 0.714. The minimum atomic E-state index is 0.616. The Bertz CT molecular complexity index is 103. The third-order valence-corrected chi connectivity index (χ3v) is 1.62. The molecule has 0 aromatic carbocycles.